The quantitative estimate of drug-likeness (QED) is 0.741. The van der Waals surface area contributed by atoms with Crippen LogP contribution in [0.4, 0.5) is 0 Å². The molecule has 2 aromatic rings. The minimum absolute atomic E-state index is 0.0369. The van der Waals surface area contributed by atoms with E-state index in [1.807, 2.05) is 0 Å². The number of H-pyrrole nitrogens is 1. The number of fused-ring (bicyclic) bond motifs is 1. The zero-order chi connectivity index (χ0) is 15.9. The maximum Gasteiger partial charge on any atom is 0.353 e. The zero-order valence-electron chi connectivity index (χ0n) is 10.6. The van der Waals surface area contributed by atoms with E-state index in [0.717, 1.165) is 12.3 Å². The largest absolute Gasteiger partial charge is 0.477 e. The lowest BCUT2D eigenvalue weighted by molar-refractivity contribution is 0.0646. The number of sulfone groups is 1. The van der Waals surface area contributed by atoms with Crippen molar-refractivity contribution in [2.45, 2.75) is 4.90 Å². The van der Waals surface area contributed by atoms with Gasteiger partial charge >= 0.3 is 11.9 Å². The highest BCUT2D eigenvalue weighted by Crippen LogP contribution is 2.17. The fourth-order valence-electron chi connectivity index (χ4n) is 1.86. The minimum atomic E-state index is -3.59. The van der Waals surface area contributed by atoms with Crippen LogP contribution < -0.4 is 5.43 Å². The van der Waals surface area contributed by atoms with Crippen LogP contribution in [0.15, 0.2) is 27.9 Å². The van der Waals surface area contributed by atoms with E-state index in [1.165, 1.54) is 12.1 Å². The normalized spacial score (nSPS) is 11.5. The highest BCUT2D eigenvalue weighted by Gasteiger charge is 2.23. The van der Waals surface area contributed by atoms with Crippen molar-refractivity contribution in [3.8, 4) is 0 Å². The molecule has 0 radical (unpaired) electrons. The molecule has 0 aliphatic heterocycles. The number of benzene rings is 1. The van der Waals surface area contributed by atoms with Crippen molar-refractivity contribution in [2.75, 3.05) is 6.26 Å². The summed E-state index contributed by atoms with van der Waals surface area (Å²) in [4.78, 5) is 36.4. The number of pyridine rings is 1. The summed E-state index contributed by atoms with van der Waals surface area (Å²) in [7, 11) is -3.59. The molecule has 1 aromatic carbocycles. The van der Waals surface area contributed by atoms with E-state index in [1.54, 1.807) is 0 Å². The van der Waals surface area contributed by atoms with Crippen LogP contribution in [0.3, 0.4) is 0 Å². The lowest BCUT2D eigenvalue weighted by atomic mass is 10.1. The molecule has 0 saturated heterocycles. The van der Waals surface area contributed by atoms with Gasteiger partial charge in [-0.3, -0.25) is 4.79 Å². The molecule has 0 fully saturated rings. The van der Waals surface area contributed by atoms with Gasteiger partial charge in [-0.1, -0.05) is 0 Å². The van der Waals surface area contributed by atoms with Crippen LogP contribution in [0.5, 0.6) is 0 Å². The van der Waals surface area contributed by atoms with Crippen molar-refractivity contribution in [3.63, 3.8) is 0 Å². The van der Waals surface area contributed by atoms with Crippen molar-refractivity contribution in [1.82, 2.24) is 4.98 Å². The molecule has 0 amide bonds. The van der Waals surface area contributed by atoms with Gasteiger partial charge < -0.3 is 15.2 Å². The number of hydrogen-bond donors (Lipinski definition) is 3. The van der Waals surface area contributed by atoms with Crippen molar-refractivity contribution in [2.24, 2.45) is 0 Å². The fraction of sp³-hybridized carbons (Fsp3) is 0.0833. The molecular formula is C12H9NO7S. The van der Waals surface area contributed by atoms with Crippen molar-refractivity contribution in [1.29, 1.82) is 0 Å². The Hall–Kier alpha value is -2.68. The second-order valence-electron chi connectivity index (χ2n) is 4.29. The molecule has 0 saturated carbocycles. The number of carbonyl (C=O) groups is 2. The predicted octanol–water partition coefficient (Wildman–Crippen LogP) is 0.328. The minimum Gasteiger partial charge on any atom is -0.477 e. The molecule has 0 spiro atoms. The van der Waals surface area contributed by atoms with Gasteiger partial charge in [-0.15, -0.1) is 0 Å². The summed E-state index contributed by atoms with van der Waals surface area (Å²) in [5.74, 6) is -3.31. The Balaban J connectivity index is 2.98. The Morgan fingerprint density at radius 3 is 2.24 bits per heavy atom. The topological polar surface area (TPSA) is 142 Å². The number of nitrogens with one attached hydrogen (secondary N) is 1. The Bertz CT molecular complexity index is 940. The number of rotatable bonds is 3. The molecule has 9 heteroatoms. The zero-order valence-corrected chi connectivity index (χ0v) is 11.4. The van der Waals surface area contributed by atoms with Crippen molar-refractivity contribution in [3.05, 3.63) is 39.7 Å². The van der Waals surface area contributed by atoms with E-state index < -0.39 is 38.5 Å². The molecule has 3 N–H and O–H groups in total. The van der Waals surface area contributed by atoms with Gasteiger partial charge in [0.1, 0.15) is 11.3 Å². The third-order valence-corrected chi connectivity index (χ3v) is 3.94. The molecule has 0 aliphatic carbocycles. The molecule has 2 rings (SSSR count). The van der Waals surface area contributed by atoms with E-state index in [4.69, 9.17) is 10.2 Å². The molecule has 110 valence electrons. The predicted molar refractivity (Wildman–Crippen MR) is 71.6 cm³/mol. The van der Waals surface area contributed by atoms with E-state index in [-0.39, 0.29) is 15.8 Å². The van der Waals surface area contributed by atoms with Gasteiger partial charge in [0.05, 0.1) is 10.4 Å². The fourth-order valence-corrected chi connectivity index (χ4v) is 2.51. The van der Waals surface area contributed by atoms with E-state index in [0.29, 0.717) is 0 Å². The first-order valence-electron chi connectivity index (χ1n) is 5.49. The monoisotopic (exact) mass is 311 g/mol. The Kier molecular flexibility index (Phi) is 3.30. The van der Waals surface area contributed by atoms with Gasteiger partial charge in [0.25, 0.3) is 0 Å². The van der Waals surface area contributed by atoms with Crippen LogP contribution in [0.1, 0.15) is 20.8 Å². The first kappa shape index (κ1) is 14.7. The second kappa shape index (κ2) is 4.70. The number of hydrogen-bond acceptors (Lipinski definition) is 5. The first-order valence-corrected chi connectivity index (χ1v) is 7.38. The van der Waals surface area contributed by atoms with Crippen LogP contribution in [0, 0.1) is 0 Å². The first-order chi connectivity index (χ1) is 9.62. The Morgan fingerprint density at radius 2 is 1.76 bits per heavy atom. The molecule has 0 atom stereocenters. The molecular weight excluding hydrogens is 302 g/mol. The SMILES string of the molecule is CS(=O)(=O)c1ccc2[nH]c(C(=O)O)c(C(=O)O)c(=O)c2c1. The van der Waals surface area contributed by atoms with Crippen LogP contribution in [-0.4, -0.2) is 41.8 Å². The summed E-state index contributed by atoms with van der Waals surface area (Å²) in [6.45, 7) is 0. The standard InChI is InChI=1S/C12H9NO7S/c1-21(19,20)5-2-3-7-6(4-5)10(14)8(11(15)16)9(13-7)12(17)18/h2-4H,1H3,(H,13,14)(H,15,16)(H,17,18). The second-order valence-corrected chi connectivity index (χ2v) is 6.31. The molecule has 8 nitrogen and oxygen atoms in total. The van der Waals surface area contributed by atoms with E-state index >= 15 is 0 Å². The van der Waals surface area contributed by atoms with Crippen LogP contribution in [0.25, 0.3) is 10.9 Å². The van der Waals surface area contributed by atoms with Gasteiger partial charge in [0.2, 0.25) is 5.43 Å². The Labute approximate surface area is 117 Å². The number of carboxylic acids is 2. The highest BCUT2D eigenvalue weighted by molar-refractivity contribution is 7.90. The van der Waals surface area contributed by atoms with Crippen molar-refractivity contribution < 1.29 is 28.2 Å². The third kappa shape index (κ3) is 2.50. The average Bonchev–Trinajstić information content (AvgIpc) is 2.36. The summed E-state index contributed by atoms with van der Waals surface area (Å²) in [6.07, 6.45) is 0.937. The number of aromatic amines is 1. The van der Waals surface area contributed by atoms with Gasteiger partial charge in [-0.25, -0.2) is 18.0 Å². The molecule has 0 unspecified atom stereocenters. The van der Waals surface area contributed by atoms with Crippen LogP contribution in [0.2, 0.25) is 0 Å². The van der Waals surface area contributed by atoms with Crippen LogP contribution >= 0.6 is 0 Å². The maximum atomic E-state index is 12.1. The summed E-state index contributed by atoms with van der Waals surface area (Å²) in [5, 5.41) is 17.7. The molecule has 21 heavy (non-hydrogen) atoms. The highest BCUT2D eigenvalue weighted by atomic mass is 32.2. The smallest absolute Gasteiger partial charge is 0.353 e. The number of carboxylic acid groups (broad SMARTS) is 2. The summed E-state index contributed by atoms with van der Waals surface area (Å²) in [6, 6.07) is 3.42. The summed E-state index contributed by atoms with van der Waals surface area (Å²) >= 11 is 0. The average molecular weight is 311 g/mol. The van der Waals surface area contributed by atoms with E-state index in [9.17, 15) is 22.8 Å². The molecule has 0 aliphatic rings. The van der Waals surface area contributed by atoms with Gasteiger partial charge in [-0.2, -0.15) is 0 Å². The summed E-state index contributed by atoms with van der Waals surface area (Å²) in [5.41, 5.74) is -2.72. The van der Waals surface area contributed by atoms with E-state index in [2.05, 4.69) is 4.98 Å². The van der Waals surface area contributed by atoms with Gasteiger partial charge in [0.15, 0.2) is 9.84 Å². The lowest BCUT2D eigenvalue weighted by Crippen LogP contribution is -2.22. The maximum absolute atomic E-state index is 12.1. The molecule has 0 bridgehead atoms. The number of aromatic nitrogens is 1. The number of aromatic carboxylic acids is 2. The van der Waals surface area contributed by atoms with Crippen molar-refractivity contribution >= 4 is 32.7 Å². The summed E-state index contributed by atoms with van der Waals surface area (Å²) < 4.78 is 22.9. The van der Waals surface area contributed by atoms with Crippen LogP contribution in [-0.2, 0) is 9.84 Å². The third-order valence-electron chi connectivity index (χ3n) is 2.83. The lowest BCUT2D eigenvalue weighted by Gasteiger charge is -2.06. The molecule has 1 heterocycles. The molecule has 1 aromatic heterocycles. The Morgan fingerprint density at radius 1 is 1.14 bits per heavy atom. The van der Waals surface area contributed by atoms with Gasteiger partial charge in [0, 0.05) is 11.6 Å². The van der Waals surface area contributed by atoms with Gasteiger partial charge in [-0.05, 0) is 18.2 Å².